The Kier molecular flexibility index (Phi) is 1.96. The minimum Gasteiger partial charge on any atom is -0.369 e. The van der Waals surface area contributed by atoms with Crippen molar-refractivity contribution < 1.29 is 0 Å². The molecule has 0 saturated carbocycles. The van der Waals surface area contributed by atoms with Crippen LogP contribution in [0.2, 0.25) is 0 Å². The third-order valence-electron chi connectivity index (χ3n) is 2.78. The number of aryl methyl sites for hydroxylation is 1. The molecule has 13 heavy (non-hydrogen) atoms. The SMILES string of the molecule is Cc1nc2c(c(C)c1CN)CCN2. The summed E-state index contributed by atoms with van der Waals surface area (Å²) in [7, 11) is 0. The van der Waals surface area contributed by atoms with Crippen molar-refractivity contribution in [2.45, 2.75) is 26.8 Å². The van der Waals surface area contributed by atoms with Crippen molar-refractivity contribution in [1.82, 2.24) is 4.98 Å². The van der Waals surface area contributed by atoms with E-state index in [-0.39, 0.29) is 0 Å². The van der Waals surface area contributed by atoms with Crippen LogP contribution in [0.5, 0.6) is 0 Å². The highest BCUT2D eigenvalue weighted by atomic mass is 15.0. The summed E-state index contributed by atoms with van der Waals surface area (Å²) in [5.74, 6) is 1.06. The normalized spacial score (nSPS) is 14.1. The van der Waals surface area contributed by atoms with E-state index in [0.29, 0.717) is 6.54 Å². The molecular weight excluding hydrogens is 162 g/mol. The molecule has 2 rings (SSSR count). The molecule has 1 aromatic heterocycles. The fourth-order valence-corrected chi connectivity index (χ4v) is 1.99. The van der Waals surface area contributed by atoms with Crippen molar-refractivity contribution in [2.75, 3.05) is 11.9 Å². The van der Waals surface area contributed by atoms with E-state index in [4.69, 9.17) is 5.73 Å². The molecule has 0 unspecified atom stereocenters. The predicted octanol–water partition coefficient (Wildman–Crippen LogP) is 1.13. The van der Waals surface area contributed by atoms with Crippen molar-refractivity contribution in [3.63, 3.8) is 0 Å². The molecule has 3 nitrogen and oxygen atoms in total. The first-order chi connectivity index (χ1) is 6.24. The van der Waals surface area contributed by atoms with Crippen LogP contribution in [-0.2, 0) is 13.0 Å². The Morgan fingerprint density at radius 1 is 1.46 bits per heavy atom. The Labute approximate surface area is 78.4 Å². The fourth-order valence-electron chi connectivity index (χ4n) is 1.99. The molecule has 1 aliphatic heterocycles. The van der Waals surface area contributed by atoms with Gasteiger partial charge in [0.25, 0.3) is 0 Å². The van der Waals surface area contributed by atoms with Crippen LogP contribution in [0.4, 0.5) is 5.82 Å². The zero-order chi connectivity index (χ0) is 9.42. The van der Waals surface area contributed by atoms with Crippen LogP contribution in [0.1, 0.15) is 22.4 Å². The summed E-state index contributed by atoms with van der Waals surface area (Å²) >= 11 is 0. The monoisotopic (exact) mass is 177 g/mol. The van der Waals surface area contributed by atoms with E-state index in [1.165, 1.54) is 16.7 Å². The van der Waals surface area contributed by atoms with Gasteiger partial charge in [-0.25, -0.2) is 4.98 Å². The van der Waals surface area contributed by atoms with E-state index < -0.39 is 0 Å². The fraction of sp³-hybridized carbons (Fsp3) is 0.500. The molecule has 0 fully saturated rings. The van der Waals surface area contributed by atoms with Gasteiger partial charge in [-0.15, -0.1) is 0 Å². The number of hydrogen-bond acceptors (Lipinski definition) is 3. The average Bonchev–Trinajstić information content (AvgIpc) is 2.53. The second-order valence-corrected chi connectivity index (χ2v) is 3.51. The Bertz CT molecular complexity index is 341. The van der Waals surface area contributed by atoms with Crippen LogP contribution in [0.3, 0.4) is 0 Å². The molecule has 0 saturated heterocycles. The summed E-state index contributed by atoms with van der Waals surface area (Å²) in [6.45, 7) is 5.77. The highest BCUT2D eigenvalue weighted by Gasteiger charge is 2.17. The molecule has 70 valence electrons. The second kappa shape index (κ2) is 3.00. The number of anilines is 1. The number of rotatable bonds is 1. The minimum atomic E-state index is 0.595. The Morgan fingerprint density at radius 3 is 2.92 bits per heavy atom. The van der Waals surface area contributed by atoms with Gasteiger partial charge in [-0.1, -0.05) is 0 Å². The van der Waals surface area contributed by atoms with Crippen LogP contribution in [0, 0.1) is 13.8 Å². The first kappa shape index (κ1) is 8.51. The third-order valence-corrected chi connectivity index (χ3v) is 2.78. The summed E-state index contributed by atoms with van der Waals surface area (Å²) in [6, 6.07) is 0. The second-order valence-electron chi connectivity index (χ2n) is 3.51. The van der Waals surface area contributed by atoms with Gasteiger partial charge in [-0.2, -0.15) is 0 Å². The lowest BCUT2D eigenvalue weighted by molar-refractivity contribution is 0.975. The lowest BCUT2D eigenvalue weighted by Gasteiger charge is -2.11. The molecule has 0 atom stereocenters. The standard InChI is InChI=1S/C10H15N3/c1-6-8-3-4-12-10(8)13-7(2)9(6)5-11/h3-5,11H2,1-2H3,(H,12,13). The number of nitrogens with one attached hydrogen (secondary N) is 1. The van der Waals surface area contributed by atoms with E-state index >= 15 is 0 Å². The Morgan fingerprint density at radius 2 is 2.23 bits per heavy atom. The van der Waals surface area contributed by atoms with Crippen LogP contribution in [0.25, 0.3) is 0 Å². The maximum atomic E-state index is 5.69. The molecule has 0 amide bonds. The molecule has 0 aromatic carbocycles. The van der Waals surface area contributed by atoms with E-state index in [1.807, 2.05) is 6.92 Å². The topological polar surface area (TPSA) is 50.9 Å². The molecule has 0 radical (unpaired) electrons. The van der Waals surface area contributed by atoms with Crippen molar-refractivity contribution in [3.8, 4) is 0 Å². The van der Waals surface area contributed by atoms with Crippen molar-refractivity contribution in [1.29, 1.82) is 0 Å². The minimum absolute atomic E-state index is 0.595. The van der Waals surface area contributed by atoms with E-state index in [2.05, 4.69) is 17.2 Å². The van der Waals surface area contributed by atoms with Gasteiger partial charge in [-0.05, 0) is 37.0 Å². The number of pyridine rings is 1. The molecule has 1 aliphatic rings. The zero-order valence-corrected chi connectivity index (χ0v) is 8.15. The van der Waals surface area contributed by atoms with Crippen molar-refractivity contribution in [3.05, 3.63) is 22.4 Å². The maximum Gasteiger partial charge on any atom is 0.129 e. The Hall–Kier alpha value is -1.09. The lowest BCUT2D eigenvalue weighted by Crippen LogP contribution is -2.06. The molecule has 1 aromatic rings. The lowest BCUT2D eigenvalue weighted by atomic mass is 10.0. The molecule has 0 aliphatic carbocycles. The van der Waals surface area contributed by atoms with Gasteiger partial charge in [0.15, 0.2) is 0 Å². The summed E-state index contributed by atoms with van der Waals surface area (Å²) < 4.78 is 0. The van der Waals surface area contributed by atoms with E-state index in [0.717, 1.165) is 24.5 Å². The summed E-state index contributed by atoms with van der Waals surface area (Å²) in [5.41, 5.74) is 10.6. The van der Waals surface area contributed by atoms with Gasteiger partial charge in [0.1, 0.15) is 5.82 Å². The van der Waals surface area contributed by atoms with E-state index in [9.17, 15) is 0 Å². The van der Waals surface area contributed by atoms with Gasteiger partial charge >= 0.3 is 0 Å². The van der Waals surface area contributed by atoms with Gasteiger partial charge < -0.3 is 11.1 Å². The number of aromatic nitrogens is 1. The summed E-state index contributed by atoms with van der Waals surface area (Å²) in [4.78, 5) is 4.49. The maximum absolute atomic E-state index is 5.69. The van der Waals surface area contributed by atoms with Crippen LogP contribution in [0.15, 0.2) is 0 Å². The molecule has 0 bridgehead atoms. The Balaban J connectivity index is 2.62. The highest BCUT2D eigenvalue weighted by Crippen LogP contribution is 2.27. The van der Waals surface area contributed by atoms with Gasteiger partial charge in [0.05, 0.1) is 0 Å². The number of fused-ring (bicyclic) bond motifs is 1. The first-order valence-corrected chi connectivity index (χ1v) is 4.67. The quantitative estimate of drug-likeness (QED) is 0.676. The average molecular weight is 177 g/mol. The third kappa shape index (κ3) is 1.20. The van der Waals surface area contributed by atoms with Crippen LogP contribution < -0.4 is 11.1 Å². The van der Waals surface area contributed by atoms with E-state index in [1.54, 1.807) is 0 Å². The van der Waals surface area contributed by atoms with Crippen molar-refractivity contribution in [2.24, 2.45) is 5.73 Å². The van der Waals surface area contributed by atoms with Crippen molar-refractivity contribution >= 4 is 5.82 Å². The molecule has 3 heteroatoms. The van der Waals surface area contributed by atoms with Crippen LogP contribution in [-0.4, -0.2) is 11.5 Å². The van der Waals surface area contributed by atoms with Gasteiger partial charge in [0, 0.05) is 18.8 Å². The smallest absolute Gasteiger partial charge is 0.129 e. The van der Waals surface area contributed by atoms with Crippen LogP contribution >= 0.6 is 0 Å². The largest absolute Gasteiger partial charge is 0.369 e. The number of nitrogens with zero attached hydrogens (tertiary/aromatic N) is 1. The summed E-state index contributed by atoms with van der Waals surface area (Å²) in [6.07, 6.45) is 1.08. The molecular formula is C10H15N3. The predicted molar refractivity (Wildman–Crippen MR) is 53.8 cm³/mol. The first-order valence-electron chi connectivity index (χ1n) is 4.67. The molecule has 3 N–H and O–H groups in total. The molecule has 2 heterocycles. The zero-order valence-electron chi connectivity index (χ0n) is 8.15. The highest BCUT2D eigenvalue weighted by molar-refractivity contribution is 5.56. The number of nitrogens with two attached hydrogens (primary N) is 1. The summed E-state index contributed by atoms with van der Waals surface area (Å²) in [5, 5.41) is 3.28. The van der Waals surface area contributed by atoms with Gasteiger partial charge in [0.2, 0.25) is 0 Å². The molecule has 0 spiro atoms. The van der Waals surface area contributed by atoms with Gasteiger partial charge in [-0.3, -0.25) is 0 Å². The number of hydrogen-bond donors (Lipinski definition) is 2.